The summed E-state index contributed by atoms with van der Waals surface area (Å²) in [4.78, 5) is 0.576. The summed E-state index contributed by atoms with van der Waals surface area (Å²) >= 11 is -1.42. The zero-order valence-corrected chi connectivity index (χ0v) is 7.80. The van der Waals surface area contributed by atoms with Crippen molar-refractivity contribution in [3.63, 3.8) is 0 Å². The van der Waals surface area contributed by atoms with Gasteiger partial charge in [-0.15, -0.1) is 0 Å². The van der Waals surface area contributed by atoms with Crippen LogP contribution in [0.3, 0.4) is 0 Å². The minimum absolute atomic E-state index is 0.221. The van der Waals surface area contributed by atoms with E-state index in [9.17, 15) is 4.21 Å². The second-order valence-corrected chi connectivity index (χ2v) is 3.69. The molecule has 0 spiro atoms. The van der Waals surface area contributed by atoms with Crippen molar-refractivity contribution in [2.75, 3.05) is 13.9 Å². The van der Waals surface area contributed by atoms with Crippen molar-refractivity contribution >= 4 is 11.1 Å². The van der Waals surface area contributed by atoms with E-state index in [1.165, 1.54) is 7.11 Å². The number of benzene rings is 1. The van der Waals surface area contributed by atoms with Crippen LogP contribution in [-0.2, 0) is 15.3 Å². The van der Waals surface area contributed by atoms with E-state index in [4.69, 9.17) is 9.47 Å². The molecule has 4 nitrogen and oxygen atoms in total. The van der Waals surface area contributed by atoms with Crippen molar-refractivity contribution in [3.05, 3.63) is 18.2 Å². The molecule has 0 aliphatic carbocycles. The van der Waals surface area contributed by atoms with Crippen molar-refractivity contribution in [2.24, 2.45) is 0 Å². The van der Waals surface area contributed by atoms with E-state index in [1.54, 1.807) is 18.2 Å². The average Bonchev–Trinajstić information content (AvgIpc) is 2.63. The lowest BCUT2D eigenvalue weighted by Crippen LogP contribution is -1.93. The molecule has 0 saturated heterocycles. The van der Waals surface area contributed by atoms with Gasteiger partial charge in [0.05, 0.1) is 12.0 Å². The summed E-state index contributed by atoms with van der Waals surface area (Å²) < 4.78 is 26.1. The van der Waals surface area contributed by atoms with E-state index in [-0.39, 0.29) is 6.79 Å². The van der Waals surface area contributed by atoms with Crippen molar-refractivity contribution in [1.82, 2.24) is 0 Å². The van der Waals surface area contributed by atoms with Gasteiger partial charge in [0.2, 0.25) is 6.79 Å². The molecular weight excluding hydrogens is 192 g/mol. The number of fused-ring (bicyclic) bond motifs is 1. The second-order valence-electron chi connectivity index (χ2n) is 2.42. The fourth-order valence-electron chi connectivity index (χ4n) is 1.08. The number of hydrogen-bond donors (Lipinski definition) is 0. The Morgan fingerprint density at radius 1 is 1.38 bits per heavy atom. The van der Waals surface area contributed by atoms with Gasteiger partial charge in [0, 0.05) is 6.07 Å². The fraction of sp³-hybridized carbons (Fsp3) is 0.250. The van der Waals surface area contributed by atoms with Crippen molar-refractivity contribution < 1.29 is 17.9 Å². The first-order chi connectivity index (χ1) is 6.31. The van der Waals surface area contributed by atoms with Crippen molar-refractivity contribution in [2.45, 2.75) is 4.90 Å². The van der Waals surface area contributed by atoms with Crippen LogP contribution in [0.25, 0.3) is 0 Å². The van der Waals surface area contributed by atoms with E-state index in [0.29, 0.717) is 16.4 Å². The summed E-state index contributed by atoms with van der Waals surface area (Å²) in [5.74, 6) is 1.29. The lowest BCUT2D eigenvalue weighted by Gasteiger charge is -1.99. The Hall–Kier alpha value is -1.07. The topological polar surface area (TPSA) is 44.8 Å². The third kappa shape index (κ3) is 1.52. The Labute approximate surface area is 78.1 Å². The van der Waals surface area contributed by atoms with Gasteiger partial charge in [0.25, 0.3) is 0 Å². The molecule has 1 heterocycles. The molecule has 1 aromatic rings. The van der Waals surface area contributed by atoms with Crippen LogP contribution in [0.5, 0.6) is 11.5 Å². The number of ether oxygens (including phenoxy) is 2. The molecule has 1 atom stereocenters. The molecule has 5 heteroatoms. The zero-order chi connectivity index (χ0) is 9.26. The molecule has 0 radical (unpaired) electrons. The molecule has 0 fully saturated rings. The van der Waals surface area contributed by atoms with Crippen molar-refractivity contribution in [1.29, 1.82) is 0 Å². The molecule has 70 valence electrons. The Morgan fingerprint density at radius 2 is 2.15 bits per heavy atom. The summed E-state index contributed by atoms with van der Waals surface area (Å²) in [6.07, 6.45) is 0. The first-order valence-electron chi connectivity index (χ1n) is 3.67. The standard InChI is InChI=1S/C8H8O4S/c1-10-13(9)6-2-3-7-8(4-6)12-5-11-7/h2-4H,5H2,1H3. The van der Waals surface area contributed by atoms with Gasteiger partial charge >= 0.3 is 0 Å². The van der Waals surface area contributed by atoms with Crippen LogP contribution in [-0.4, -0.2) is 18.1 Å². The smallest absolute Gasteiger partial charge is 0.231 e. The predicted molar refractivity (Wildman–Crippen MR) is 46.0 cm³/mol. The van der Waals surface area contributed by atoms with E-state index in [1.807, 2.05) is 0 Å². The third-order valence-electron chi connectivity index (χ3n) is 1.69. The van der Waals surface area contributed by atoms with E-state index >= 15 is 0 Å². The number of rotatable bonds is 2. The molecule has 1 unspecified atom stereocenters. The molecule has 0 saturated carbocycles. The molecule has 2 rings (SSSR count). The van der Waals surface area contributed by atoms with Crippen LogP contribution in [0.4, 0.5) is 0 Å². The summed E-state index contributed by atoms with van der Waals surface area (Å²) in [5.41, 5.74) is 0. The summed E-state index contributed by atoms with van der Waals surface area (Å²) in [7, 11) is 1.39. The van der Waals surface area contributed by atoms with Crippen LogP contribution in [0, 0.1) is 0 Å². The first kappa shape index (κ1) is 8.52. The molecule has 1 aliphatic rings. The SMILES string of the molecule is COS(=O)c1ccc2c(c1)OCO2. The molecular formula is C8H8O4S. The van der Waals surface area contributed by atoms with Gasteiger partial charge in [0.1, 0.15) is 0 Å². The summed E-state index contributed by atoms with van der Waals surface area (Å²) in [5, 5.41) is 0. The fourth-order valence-corrected chi connectivity index (χ4v) is 1.65. The second kappa shape index (κ2) is 3.35. The van der Waals surface area contributed by atoms with Gasteiger partial charge in [0.15, 0.2) is 22.6 Å². The molecule has 1 aromatic carbocycles. The van der Waals surface area contributed by atoms with Gasteiger partial charge < -0.3 is 9.47 Å². The monoisotopic (exact) mass is 200 g/mol. The lowest BCUT2D eigenvalue weighted by atomic mass is 10.3. The Kier molecular flexibility index (Phi) is 2.20. The molecule has 0 N–H and O–H groups in total. The van der Waals surface area contributed by atoms with Gasteiger partial charge in [-0.2, -0.15) is 0 Å². The molecule has 13 heavy (non-hydrogen) atoms. The lowest BCUT2D eigenvalue weighted by molar-refractivity contribution is 0.174. The number of hydrogen-bond acceptors (Lipinski definition) is 4. The highest BCUT2D eigenvalue weighted by Gasteiger charge is 2.15. The quantitative estimate of drug-likeness (QED) is 0.716. The molecule has 1 aliphatic heterocycles. The van der Waals surface area contributed by atoms with Crippen molar-refractivity contribution in [3.8, 4) is 11.5 Å². The van der Waals surface area contributed by atoms with Crippen LogP contribution in [0.2, 0.25) is 0 Å². The van der Waals surface area contributed by atoms with Gasteiger partial charge in [-0.1, -0.05) is 0 Å². The Morgan fingerprint density at radius 3 is 2.92 bits per heavy atom. The maximum atomic E-state index is 11.2. The third-order valence-corrected chi connectivity index (χ3v) is 2.63. The highest BCUT2D eigenvalue weighted by atomic mass is 32.2. The minimum atomic E-state index is -1.42. The molecule has 0 bridgehead atoms. The van der Waals surface area contributed by atoms with Gasteiger partial charge in [-0.05, 0) is 12.1 Å². The summed E-state index contributed by atoms with van der Waals surface area (Å²) in [6, 6.07) is 5.06. The molecule has 0 amide bonds. The minimum Gasteiger partial charge on any atom is -0.454 e. The predicted octanol–water partition coefficient (Wildman–Crippen LogP) is 1.08. The maximum Gasteiger partial charge on any atom is 0.231 e. The summed E-state index contributed by atoms with van der Waals surface area (Å²) in [6.45, 7) is 0.221. The van der Waals surface area contributed by atoms with Crippen LogP contribution >= 0.6 is 0 Å². The zero-order valence-electron chi connectivity index (χ0n) is 6.98. The largest absolute Gasteiger partial charge is 0.454 e. The molecule has 0 aromatic heterocycles. The Balaban J connectivity index is 2.36. The first-order valence-corrected chi connectivity index (χ1v) is 4.74. The average molecular weight is 200 g/mol. The van der Waals surface area contributed by atoms with E-state index < -0.39 is 11.1 Å². The van der Waals surface area contributed by atoms with Crippen LogP contribution in [0.15, 0.2) is 23.1 Å². The van der Waals surface area contributed by atoms with Gasteiger partial charge in [-0.25, -0.2) is 4.21 Å². The van der Waals surface area contributed by atoms with E-state index in [2.05, 4.69) is 4.18 Å². The van der Waals surface area contributed by atoms with Gasteiger partial charge in [-0.3, -0.25) is 4.18 Å². The normalized spacial score (nSPS) is 15.8. The highest BCUT2D eigenvalue weighted by molar-refractivity contribution is 7.80. The van der Waals surface area contributed by atoms with E-state index in [0.717, 1.165) is 0 Å². The highest BCUT2D eigenvalue weighted by Crippen LogP contribution is 2.33. The Bertz CT molecular complexity index is 350. The maximum absolute atomic E-state index is 11.2. The van der Waals surface area contributed by atoms with Crippen LogP contribution in [0.1, 0.15) is 0 Å². The van der Waals surface area contributed by atoms with Crippen LogP contribution < -0.4 is 9.47 Å².